The molecule has 0 saturated carbocycles. The number of benzene rings is 3. The van der Waals surface area contributed by atoms with Crippen LogP contribution in [0, 0.1) is 19.3 Å². The summed E-state index contributed by atoms with van der Waals surface area (Å²) in [5, 5.41) is 57.5. The number of halogens is 1. The maximum absolute atomic E-state index is 11.6. The Kier molecular flexibility index (Phi) is 56.3. The van der Waals surface area contributed by atoms with Crippen molar-refractivity contribution in [2.24, 2.45) is 23.3 Å². The van der Waals surface area contributed by atoms with Gasteiger partial charge < -0.3 is 74.4 Å². The van der Waals surface area contributed by atoms with Gasteiger partial charge in [0.15, 0.2) is 0 Å². The van der Waals surface area contributed by atoms with E-state index in [4.69, 9.17) is 53.0 Å². The molecule has 23 heteroatoms. The first-order valence-electron chi connectivity index (χ1n) is 19.9. The van der Waals surface area contributed by atoms with Gasteiger partial charge in [-0.3, -0.25) is 28.8 Å². The van der Waals surface area contributed by atoms with Crippen molar-refractivity contribution in [3.8, 4) is 0 Å². The summed E-state index contributed by atoms with van der Waals surface area (Å²) in [5.74, 6) is -6.15. The Hall–Kier alpha value is -5.27. The molecule has 71 heavy (non-hydrogen) atoms. The second-order valence-electron chi connectivity index (χ2n) is 13.8. The Morgan fingerprint density at radius 3 is 1.03 bits per heavy atom. The summed E-state index contributed by atoms with van der Waals surface area (Å²) in [5.41, 5.74) is 12.0. The fraction of sp³-hybridized carbons (Fsp3) is 0.458. The minimum atomic E-state index is -1.21. The van der Waals surface area contributed by atoms with E-state index >= 15 is 0 Å². The zero-order chi connectivity index (χ0) is 50.1. The molecule has 0 bridgehead atoms. The molecule has 3 rings (SSSR count). The zero-order valence-electron chi connectivity index (χ0n) is 39.0. The fourth-order valence-electron chi connectivity index (χ4n) is 4.39. The largest absolute Gasteiger partial charge is 0.481 e. The molecule has 407 valence electrons. The Balaban J connectivity index is -0.000000118. The number of carbonyl (C=O) groups excluding carboxylic acids is 5. The van der Waals surface area contributed by atoms with E-state index in [1.54, 1.807) is 12.1 Å². The van der Waals surface area contributed by atoms with Crippen LogP contribution in [0.15, 0.2) is 91.0 Å². The minimum Gasteiger partial charge on any atom is -0.481 e. The quantitative estimate of drug-likeness (QED) is 0.0284. The number of nitrogens with two attached hydrogens (primary N) is 2. The molecular weight excluding hydrogens is 1040 g/mol. The molecule has 0 fully saturated rings. The van der Waals surface area contributed by atoms with E-state index in [1.807, 2.05) is 78.9 Å². The maximum Gasteiger partial charge on any atom is 0.404 e. The number of amides is 2. The average molecular weight is 1120 g/mol. The topological polar surface area (TPSA) is 345 Å². The number of likely N-dealkylation sites (N-methyl/N-ethyl adjacent to an activating group) is 1. The summed E-state index contributed by atoms with van der Waals surface area (Å²) in [6, 6.07) is 25.8. The first kappa shape index (κ1) is 82.6. The fourth-order valence-corrected chi connectivity index (χ4v) is 4.45. The molecule has 0 aliphatic heterocycles. The smallest absolute Gasteiger partial charge is 0.404 e. The van der Waals surface area contributed by atoms with Crippen molar-refractivity contribution in [2.75, 3.05) is 14.1 Å². The molecule has 0 aliphatic rings. The van der Waals surface area contributed by atoms with Gasteiger partial charge in [-0.05, 0) is 44.4 Å². The van der Waals surface area contributed by atoms with Crippen LogP contribution < -0.4 is 22.1 Å². The van der Waals surface area contributed by atoms with Crippen molar-refractivity contribution in [1.82, 2.24) is 10.6 Å². The van der Waals surface area contributed by atoms with E-state index in [-0.39, 0.29) is 103 Å². The number of nitrogens with one attached hydrogen (secondary N) is 2. The van der Waals surface area contributed by atoms with Gasteiger partial charge in [0.05, 0.1) is 49.1 Å². The number of aliphatic hydroxyl groups excluding tert-OH is 4. The molecule has 0 aromatic heterocycles. The molecule has 8 atom stereocenters. The van der Waals surface area contributed by atoms with Crippen molar-refractivity contribution in [3.63, 3.8) is 0 Å². The summed E-state index contributed by atoms with van der Waals surface area (Å²) in [6.07, 6.45) is -4.22. The number of carboxylic acid groups (broad SMARTS) is 2. The Bertz CT molecular complexity index is 1840. The van der Waals surface area contributed by atoms with Gasteiger partial charge >= 0.3 is 29.3 Å². The Morgan fingerprint density at radius 1 is 0.521 bits per heavy atom. The van der Waals surface area contributed by atoms with Gasteiger partial charge in [-0.15, -0.1) is 0 Å². The van der Waals surface area contributed by atoms with Crippen LogP contribution in [0.1, 0.15) is 79.5 Å². The SMILES string of the molecule is C.C.C.CNC(=O)[C@@H](CC(=O)OCc1ccccc1)[C@@H](C)O.CNC(=O)[C@@H](N)[C@@H](C)O.C[C@@H](O)[C@H](CC(=O)OCc1ccccc1)C(=O)O.C[C@@H](O)[C@H](N)C(=O)O.O=C(Cl)OCc1ccccc1.[B].[CH3-].[Pd]. The van der Waals surface area contributed by atoms with Gasteiger partial charge in [-0.1, -0.05) is 113 Å². The molecule has 0 aliphatic carbocycles. The summed E-state index contributed by atoms with van der Waals surface area (Å²) >= 11 is 4.97. The summed E-state index contributed by atoms with van der Waals surface area (Å²) in [7, 11) is 2.94. The predicted octanol–water partition coefficient (Wildman–Crippen LogP) is 3.82. The summed E-state index contributed by atoms with van der Waals surface area (Å²) in [4.78, 5) is 75.9. The van der Waals surface area contributed by atoms with Gasteiger partial charge in [-0.2, -0.15) is 0 Å². The third-order valence-corrected chi connectivity index (χ3v) is 8.50. The minimum absolute atomic E-state index is 0. The monoisotopic (exact) mass is 1120 g/mol. The van der Waals surface area contributed by atoms with Crippen molar-refractivity contribution >= 4 is 61.1 Å². The number of aliphatic carboxylic acids is 2. The van der Waals surface area contributed by atoms with Crippen LogP contribution in [0.25, 0.3) is 0 Å². The van der Waals surface area contributed by atoms with E-state index in [1.165, 1.54) is 41.8 Å². The van der Waals surface area contributed by atoms with Crippen molar-refractivity contribution in [3.05, 3.63) is 115 Å². The third kappa shape index (κ3) is 42.2. The average Bonchev–Trinajstić information content (AvgIpc) is 3.28. The molecular formula is C48H78BClN4O16Pd-. The molecule has 0 saturated heterocycles. The summed E-state index contributed by atoms with van der Waals surface area (Å²) < 4.78 is 14.6. The van der Waals surface area contributed by atoms with E-state index < -0.39 is 77.6 Å². The van der Waals surface area contributed by atoms with E-state index in [9.17, 15) is 43.8 Å². The van der Waals surface area contributed by atoms with Crippen molar-refractivity contribution in [1.29, 1.82) is 0 Å². The first-order chi connectivity index (χ1) is 30.5. The maximum atomic E-state index is 11.6. The zero-order valence-corrected chi connectivity index (χ0v) is 41.3. The van der Waals surface area contributed by atoms with Gasteiger partial charge in [0.2, 0.25) is 11.8 Å². The molecule has 2 amide bonds. The van der Waals surface area contributed by atoms with Crippen LogP contribution in [-0.2, 0) is 83.2 Å². The number of aliphatic hydroxyl groups is 4. The van der Waals surface area contributed by atoms with E-state index in [2.05, 4.69) is 15.4 Å². The second kappa shape index (κ2) is 48.4. The number of hydrogen-bond acceptors (Lipinski definition) is 16. The van der Waals surface area contributed by atoms with Crippen LogP contribution in [0.5, 0.6) is 0 Å². The molecule has 3 aromatic rings. The van der Waals surface area contributed by atoms with Crippen LogP contribution in [0.4, 0.5) is 4.79 Å². The molecule has 0 heterocycles. The molecule has 0 spiro atoms. The van der Waals surface area contributed by atoms with Gasteiger partial charge in [0.1, 0.15) is 31.9 Å². The van der Waals surface area contributed by atoms with Crippen LogP contribution in [-0.4, -0.2) is 131 Å². The molecule has 3 radical (unpaired) electrons. The van der Waals surface area contributed by atoms with Crippen molar-refractivity contribution in [2.45, 2.75) is 119 Å². The van der Waals surface area contributed by atoms with Crippen LogP contribution in [0.2, 0.25) is 0 Å². The first-order valence-corrected chi connectivity index (χ1v) is 20.2. The van der Waals surface area contributed by atoms with Gasteiger partial charge in [0, 0.05) is 54.5 Å². The van der Waals surface area contributed by atoms with Gasteiger partial charge in [-0.25, -0.2) is 4.79 Å². The molecule has 12 N–H and O–H groups in total. The normalized spacial score (nSPS) is 12.5. The number of ether oxygens (including phenoxy) is 3. The Morgan fingerprint density at radius 2 is 0.817 bits per heavy atom. The Labute approximate surface area is 440 Å². The molecule has 20 nitrogen and oxygen atoms in total. The number of rotatable bonds is 18. The van der Waals surface area contributed by atoms with Gasteiger partial charge in [0.25, 0.3) is 0 Å². The molecule has 0 unspecified atom stereocenters. The molecule has 3 aromatic carbocycles. The summed E-state index contributed by atoms with van der Waals surface area (Å²) in [6.45, 7) is 6.13. The van der Waals surface area contributed by atoms with Crippen LogP contribution in [0.3, 0.4) is 0 Å². The number of carboxylic acids is 2. The van der Waals surface area contributed by atoms with Crippen LogP contribution >= 0.6 is 11.6 Å². The number of carbonyl (C=O) groups is 7. The standard InChI is InChI=1S/C14H19NO4.C13H16O5.C8H7ClO2.C5H12N2O2.C4H9NO3.3CH4.CH3.B.Pd/c1-10(16)12(14(18)15-2)8-13(17)19-9-11-6-4-3-5-7-11;1-9(14)11(13(16)17)7-12(15)18-8-10-5-3-2-4-6-10;9-8(10)11-6-7-4-2-1-3-5-7;1-3(8)4(6)5(9)7-2;1-2(6)3(5)4(7)8;;;;;;/h3-7,10,12,16H,8-9H2,1-2H3,(H,15,18);2-6,9,11,14H,7-8H2,1H3,(H,16,17);1-5H,6H2;3-4,8H,6H2,1-2H3,(H,7,9);2-3,6H,5H2,1H3,(H,7,8);3*1H4;1H3;;/q;;;;;;;;-1;;/t10-,12+;9-,11+;;3-,4+;2-,3+;;;;;;/m11.11....../s1. The third-order valence-electron chi connectivity index (χ3n) is 8.39. The second-order valence-corrected chi connectivity index (χ2v) is 14.2. The van der Waals surface area contributed by atoms with Crippen molar-refractivity contribution < 1.29 is 98.8 Å². The number of esters is 2. The number of hydrogen-bond donors (Lipinski definition) is 10. The van der Waals surface area contributed by atoms with E-state index in [0.29, 0.717) is 0 Å². The van der Waals surface area contributed by atoms with E-state index in [0.717, 1.165) is 16.7 Å². The predicted molar refractivity (Wildman–Crippen MR) is 270 cm³/mol.